The molecule has 0 saturated carbocycles. The molecule has 1 aliphatic heterocycles. The Labute approximate surface area is 106 Å². The second kappa shape index (κ2) is 4.79. The molecule has 0 unspecified atom stereocenters. The van der Waals surface area contributed by atoms with Crippen LogP contribution in [-0.4, -0.2) is 29.8 Å². The first-order valence-corrected chi connectivity index (χ1v) is 5.36. The van der Waals surface area contributed by atoms with Crippen molar-refractivity contribution in [1.82, 2.24) is 5.01 Å². The SMILES string of the molecule is NC(=O)N1CCc2ccccc2C(OC(F)(F)F)=N1. The van der Waals surface area contributed by atoms with Crippen LogP contribution in [0.25, 0.3) is 0 Å². The Balaban J connectivity index is 2.44. The molecule has 0 atom stereocenters. The van der Waals surface area contributed by atoms with E-state index >= 15 is 0 Å². The number of rotatable bonds is 0. The van der Waals surface area contributed by atoms with Gasteiger partial charge in [0.05, 0.1) is 6.54 Å². The Kier molecular flexibility index (Phi) is 3.32. The molecule has 0 spiro atoms. The maximum Gasteiger partial charge on any atom is 0.574 e. The Morgan fingerprint density at radius 3 is 2.68 bits per heavy atom. The molecule has 2 amide bonds. The number of carbonyl (C=O) groups is 1. The molecule has 102 valence electrons. The van der Waals surface area contributed by atoms with E-state index in [9.17, 15) is 18.0 Å². The van der Waals surface area contributed by atoms with Gasteiger partial charge in [0.2, 0.25) is 5.90 Å². The summed E-state index contributed by atoms with van der Waals surface area (Å²) in [6.07, 6.45) is -4.55. The molecule has 5 nitrogen and oxygen atoms in total. The average molecular weight is 273 g/mol. The molecular weight excluding hydrogens is 263 g/mol. The summed E-state index contributed by atoms with van der Waals surface area (Å²) >= 11 is 0. The minimum absolute atomic E-state index is 0.0943. The van der Waals surface area contributed by atoms with Crippen LogP contribution in [0.5, 0.6) is 0 Å². The van der Waals surface area contributed by atoms with Crippen molar-refractivity contribution in [1.29, 1.82) is 0 Å². The molecule has 1 aromatic carbocycles. The number of urea groups is 1. The Hall–Kier alpha value is -2.25. The van der Waals surface area contributed by atoms with Crippen LogP contribution in [0.3, 0.4) is 0 Å². The van der Waals surface area contributed by atoms with E-state index in [2.05, 4.69) is 9.84 Å². The fourth-order valence-electron chi connectivity index (χ4n) is 1.73. The molecule has 8 heteroatoms. The summed E-state index contributed by atoms with van der Waals surface area (Å²) in [6, 6.07) is 5.41. The van der Waals surface area contributed by atoms with Crippen LogP contribution in [0, 0.1) is 0 Å². The third kappa shape index (κ3) is 3.15. The zero-order chi connectivity index (χ0) is 14.0. The fourth-order valence-corrected chi connectivity index (χ4v) is 1.73. The molecular formula is C11H10F3N3O2. The lowest BCUT2D eigenvalue weighted by Crippen LogP contribution is -2.33. The number of benzene rings is 1. The number of alkyl halides is 3. The molecule has 1 aliphatic rings. The molecule has 0 fully saturated rings. The summed E-state index contributed by atoms with van der Waals surface area (Å²) in [6.45, 7) is 0.0943. The van der Waals surface area contributed by atoms with Gasteiger partial charge in [-0.05, 0) is 18.1 Å². The van der Waals surface area contributed by atoms with Crippen LogP contribution in [0.2, 0.25) is 0 Å². The number of primary amides is 1. The van der Waals surface area contributed by atoms with Crippen molar-refractivity contribution in [3.63, 3.8) is 0 Å². The van der Waals surface area contributed by atoms with Gasteiger partial charge in [-0.1, -0.05) is 18.2 Å². The molecule has 0 radical (unpaired) electrons. The topological polar surface area (TPSA) is 67.9 Å². The first-order chi connectivity index (χ1) is 8.87. The lowest BCUT2D eigenvalue weighted by molar-refractivity contribution is -0.283. The van der Waals surface area contributed by atoms with E-state index in [-0.39, 0.29) is 12.1 Å². The number of nitrogens with two attached hydrogens (primary N) is 1. The minimum atomic E-state index is -4.89. The van der Waals surface area contributed by atoms with Gasteiger partial charge in [0.1, 0.15) is 0 Å². The summed E-state index contributed by atoms with van der Waals surface area (Å²) in [5, 5.41) is 4.29. The summed E-state index contributed by atoms with van der Waals surface area (Å²) in [7, 11) is 0. The number of fused-ring (bicyclic) bond motifs is 1. The number of hydrazone groups is 1. The van der Waals surface area contributed by atoms with Crippen molar-refractivity contribution in [2.24, 2.45) is 10.8 Å². The van der Waals surface area contributed by atoms with Crippen molar-refractivity contribution in [3.05, 3.63) is 35.4 Å². The number of amides is 2. The van der Waals surface area contributed by atoms with Crippen LogP contribution in [-0.2, 0) is 11.2 Å². The van der Waals surface area contributed by atoms with E-state index in [1.54, 1.807) is 18.2 Å². The predicted molar refractivity (Wildman–Crippen MR) is 60.1 cm³/mol. The predicted octanol–water partition coefficient (Wildman–Crippen LogP) is 1.82. The second-order valence-electron chi connectivity index (χ2n) is 3.82. The maximum absolute atomic E-state index is 12.4. The normalized spacial score (nSPS) is 15.3. The van der Waals surface area contributed by atoms with Gasteiger partial charge in [0.15, 0.2) is 0 Å². The number of hydrogen-bond acceptors (Lipinski definition) is 3. The number of carbonyl (C=O) groups excluding carboxylic acids is 1. The third-order valence-electron chi connectivity index (χ3n) is 2.52. The lowest BCUT2D eigenvalue weighted by Gasteiger charge is -2.14. The quantitative estimate of drug-likeness (QED) is 0.783. The van der Waals surface area contributed by atoms with E-state index < -0.39 is 18.3 Å². The van der Waals surface area contributed by atoms with Crippen molar-refractivity contribution in [2.45, 2.75) is 12.8 Å². The standard InChI is InChI=1S/C11H10F3N3O2/c12-11(13,14)19-9-8-4-2-1-3-7(8)5-6-17(16-9)10(15)18/h1-4H,5-6H2,(H2,15,18). The highest BCUT2D eigenvalue weighted by Gasteiger charge is 2.35. The van der Waals surface area contributed by atoms with E-state index in [1.807, 2.05) is 0 Å². The van der Waals surface area contributed by atoms with Crippen molar-refractivity contribution >= 4 is 11.9 Å². The molecule has 0 bridgehead atoms. The van der Waals surface area contributed by atoms with Crippen molar-refractivity contribution in [2.75, 3.05) is 6.54 Å². The van der Waals surface area contributed by atoms with Crippen molar-refractivity contribution < 1.29 is 22.7 Å². The zero-order valence-corrected chi connectivity index (χ0v) is 9.65. The van der Waals surface area contributed by atoms with Gasteiger partial charge in [-0.3, -0.25) is 0 Å². The number of nitrogens with zero attached hydrogens (tertiary/aromatic N) is 2. The molecule has 0 saturated heterocycles. The highest BCUT2D eigenvalue weighted by atomic mass is 19.4. The smallest absolute Gasteiger partial charge is 0.386 e. The first kappa shape index (κ1) is 13.2. The summed E-state index contributed by atoms with van der Waals surface area (Å²) < 4.78 is 40.9. The molecule has 1 heterocycles. The van der Waals surface area contributed by atoms with Gasteiger partial charge in [-0.25, -0.2) is 9.80 Å². The Morgan fingerprint density at radius 2 is 2.05 bits per heavy atom. The van der Waals surface area contributed by atoms with E-state index in [4.69, 9.17) is 5.73 Å². The van der Waals surface area contributed by atoms with Gasteiger partial charge in [-0.2, -0.15) is 0 Å². The van der Waals surface area contributed by atoms with E-state index in [0.717, 1.165) is 5.01 Å². The van der Waals surface area contributed by atoms with Gasteiger partial charge in [0, 0.05) is 5.56 Å². The lowest BCUT2D eigenvalue weighted by atomic mass is 10.1. The first-order valence-electron chi connectivity index (χ1n) is 5.36. The van der Waals surface area contributed by atoms with Gasteiger partial charge < -0.3 is 10.5 Å². The maximum atomic E-state index is 12.4. The summed E-state index contributed by atoms with van der Waals surface area (Å²) in [5.41, 5.74) is 5.84. The highest BCUT2D eigenvalue weighted by molar-refractivity contribution is 5.96. The fraction of sp³-hybridized carbons (Fsp3) is 0.273. The van der Waals surface area contributed by atoms with Crippen LogP contribution in [0.15, 0.2) is 29.4 Å². The summed E-state index contributed by atoms with van der Waals surface area (Å²) in [4.78, 5) is 11.1. The van der Waals surface area contributed by atoms with Crippen LogP contribution < -0.4 is 5.73 Å². The molecule has 19 heavy (non-hydrogen) atoms. The van der Waals surface area contributed by atoms with Gasteiger partial charge in [0.25, 0.3) is 0 Å². The molecule has 2 rings (SSSR count). The Bertz CT molecular complexity index is 528. The van der Waals surface area contributed by atoms with Gasteiger partial charge in [-0.15, -0.1) is 18.3 Å². The second-order valence-corrected chi connectivity index (χ2v) is 3.82. The number of ether oxygens (including phenoxy) is 1. The largest absolute Gasteiger partial charge is 0.574 e. The minimum Gasteiger partial charge on any atom is -0.386 e. The van der Waals surface area contributed by atoms with Crippen molar-refractivity contribution in [3.8, 4) is 0 Å². The molecule has 0 aromatic heterocycles. The van der Waals surface area contributed by atoms with Gasteiger partial charge >= 0.3 is 12.4 Å². The van der Waals surface area contributed by atoms with Crippen LogP contribution in [0.1, 0.15) is 11.1 Å². The van der Waals surface area contributed by atoms with E-state index in [0.29, 0.717) is 12.0 Å². The van der Waals surface area contributed by atoms with E-state index in [1.165, 1.54) is 6.07 Å². The Morgan fingerprint density at radius 1 is 1.37 bits per heavy atom. The van der Waals surface area contributed by atoms with Crippen LogP contribution in [0.4, 0.5) is 18.0 Å². The average Bonchev–Trinajstić information content (AvgIpc) is 2.48. The zero-order valence-electron chi connectivity index (χ0n) is 9.65. The highest BCUT2D eigenvalue weighted by Crippen LogP contribution is 2.23. The molecule has 0 aliphatic carbocycles. The molecule has 1 aromatic rings. The van der Waals surface area contributed by atoms with Crippen LogP contribution >= 0.6 is 0 Å². The number of hydrogen-bond donors (Lipinski definition) is 1. The number of halogens is 3. The molecule has 2 N–H and O–H groups in total. The monoisotopic (exact) mass is 273 g/mol. The summed E-state index contributed by atoms with van der Waals surface area (Å²) in [5.74, 6) is -0.681. The third-order valence-corrected chi connectivity index (χ3v) is 2.52.